The first-order chi connectivity index (χ1) is 8.72. The highest BCUT2D eigenvalue weighted by atomic mass is 16.5. The first kappa shape index (κ1) is 15.9. The summed E-state index contributed by atoms with van der Waals surface area (Å²) in [5.74, 6) is 0.950. The smallest absolute Gasteiger partial charge is 0.0589 e. The molecule has 3 heteroatoms. The highest BCUT2D eigenvalue weighted by Crippen LogP contribution is 2.32. The molecule has 1 atom stereocenters. The lowest BCUT2D eigenvalue weighted by molar-refractivity contribution is 0.115. The van der Waals surface area contributed by atoms with Gasteiger partial charge in [-0.05, 0) is 38.5 Å². The Balaban J connectivity index is 2.24. The summed E-state index contributed by atoms with van der Waals surface area (Å²) in [6.07, 6.45) is 5.32. The van der Waals surface area contributed by atoms with Crippen LogP contribution in [0.2, 0.25) is 0 Å². The Morgan fingerprint density at radius 1 is 1.22 bits per heavy atom. The molecule has 0 aliphatic heterocycles. The average Bonchev–Trinajstić information content (AvgIpc) is 3.20. The van der Waals surface area contributed by atoms with Gasteiger partial charge >= 0.3 is 0 Å². The fourth-order valence-electron chi connectivity index (χ4n) is 2.69. The van der Waals surface area contributed by atoms with Gasteiger partial charge in [0, 0.05) is 38.8 Å². The Hall–Kier alpha value is -0.120. The summed E-state index contributed by atoms with van der Waals surface area (Å²) in [5.41, 5.74) is 0. The zero-order valence-corrected chi connectivity index (χ0v) is 12.7. The zero-order valence-electron chi connectivity index (χ0n) is 12.7. The molecule has 0 aromatic rings. The van der Waals surface area contributed by atoms with E-state index in [1.165, 1.54) is 25.7 Å². The third-order valence-electron chi connectivity index (χ3n) is 4.24. The molecule has 0 heterocycles. The highest BCUT2D eigenvalue weighted by molar-refractivity contribution is 4.83. The molecule has 0 bridgehead atoms. The molecule has 1 unspecified atom stereocenters. The van der Waals surface area contributed by atoms with Crippen LogP contribution in [-0.2, 0) is 4.74 Å². The minimum atomic E-state index is 0.705. The molecular formula is C15H32N2O. The van der Waals surface area contributed by atoms with Crippen molar-refractivity contribution in [3.63, 3.8) is 0 Å². The lowest BCUT2D eigenvalue weighted by Crippen LogP contribution is -2.43. The van der Waals surface area contributed by atoms with E-state index in [9.17, 15) is 0 Å². The van der Waals surface area contributed by atoms with E-state index in [0.29, 0.717) is 12.1 Å². The predicted molar refractivity (Wildman–Crippen MR) is 78.0 cm³/mol. The number of hydrogen-bond donors (Lipinski definition) is 1. The quantitative estimate of drug-likeness (QED) is 0.615. The standard InChI is InChI=1S/C15H32N2O/c1-5-15(6-2)17(11-12-18-4)10-9-16-13(3)14-7-8-14/h13-16H,5-12H2,1-4H3. The van der Waals surface area contributed by atoms with Crippen LogP contribution in [0.15, 0.2) is 0 Å². The normalized spacial score (nSPS) is 17.7. The minimum Gasteiger partial charge on any atom is -0.383 e. The summed E-state index contributed by atoms with van der Waals surface area (Å²) in [7, 11) is 1.79. The maximum Gasteiger partial charge on any atom is 0.0589 e. The molecule has 0 saturated heterocycles. The largest absolute Gasteiger partial charge is 0.383 e. The van der Waals surface area contributed by atoms with E-state index in [0.717, 1.165) is 32.2 Å². The molecule has 1 saturated carbocycles. The van der Waals surface area contributed by atoms with Gasteiger partial charge in [0.05, 0.1) is 6.61 Å². The molecule has 0 amide bonds. The lowest BCUT2D eigenvalue weighted by atomic mass is 10.1. The van der Waals surface area contributed by atoms with Gasteiger partial charge in [-0.1, -0.05) is 13.8 Å². The van der Waals surface area contributed by atoms with Crippen molar-refractivity contribution in [2.24, 2.45) is 5.92 Å². The van der Waals surface area contributed by atoms with E-state index in [1.54, 1.807) is 7.11 Å². The third kappa shape index (κ3) is 5.68. The van der Waals surface area contributed by atoms with Crippen molar-refractivity contribution < 1.29 is 4.74 Å². The maximum atomic E-state index is 5.23. The van der Waals surface area contributed by atoms with Gasteiger partial charge in [0.2, 0.25) is 0 Å². The second kappa shape index (κ2) is 8.89. The molecule has 108 valence electrons. The fourth-order valence-corrected chi connectivity index (χ4v) is 2.69. The van der Waals surface area contributed by atoms with Crippen LogP contribution in [0.5, 0.6) is 0 Å². The van der Waals surface area contributed by atoms with Crippen molar-refractivity contribution in [2.75, 3.05) is 33.4 Å². The zero-order chi connectivity index (χ0) is 13.4. The molecule has 0 aromatic carbocycles. The topological polar surface area (TPSA) is 24.5 Å². The molecule has 1 rings (SSSR count). The van der Waals surface area contributed by atoms with Gasteiger partial charge in [-0.2, -0.15) is 0 Å². The van der Waals surface area contributed by atoms with E-state index >= 15 is 0 Å². The van der Waals surface area contributed by atoms with Crippen molar-refractivity contribution in [1.29, 1.82) is 0 Å². The monoisotopic (exact) mass is 256 g/mol. The number of methoxy groups -OCH3 is 1. The van der Waals surface area contributed by atoms with Crippen LogP contribution in [0.4, 0.5) is 0 Å². The van der Waals surface area contributed by atoms with Crippen LogP contribution in [0, 0.1) is 5.92 Å². The molecule has 0 aromatic heterocycles. The Kier molecular flexibility index (Phi) is 7.87. The summed E-state index contributed by atoms with van der Waals surface area (Å²) in [5, 5.41) is 3.67. The molecule has 1 N–H and O–H groups in total. The summed E-state index contributed by atoms with van der Waals surface area (Å²) >= 11 is 0. The van der Waals surface area contributed by atoms with Gasteiger partial charge in [0.15, 0.2) is 0 Å². The first-order valence-electron chi connectivity index (χ1n) is 7.69. The lowest BCUT2D eigenvalue weighted by Gasteiger charge is -2.30. The minimum absolute atomic E-state index is 0.705. The SMILES string of the molecule is CCC(CC)N(CCNC(C)C1CC1)CCOC. The average molecular weight is 256 g/mol. The van der Waals surface area contributed by atoms with Crippen molar-refractivity contribution in [3.05, 3.63) is 0 Å². The Morgan fingerprint density at radius 2 is 1.89 bits per heavy atom. The van der Waals surface area contributed by atoms with Gasteiger partial charge in [0.25, 0.3) is 0 Å². The Morgan fingerprint density at radius 3 is 2.39 bits per heavy atom. The first-order valence-corrected chi connectivity index (χ1v) is 7.69. The van der Waals surface area contributed by atoms with Crippen molar-refractivity contribution in [1.82, 2.24) is 10.2 Å². The van der Waals surface area contributed by atoms with E-state index < -0.39 is 0 Å². The van der Waals surface area contributed by atoms with E-state index in [1.807, 2.05) is 0 Å². The van der Waals surface area contributed by atoms with E-state index in [2.05, 4.69) is 31.0 Å². The summed E-state index contributed by atoms with van der Waals surface area (Å²) in [6, 6.07) is 1.41. The Labute approximate surface area is 113 Å². The van der Waals surface area contributed by atoms with Crippen molar-refractivity contribution >= 4 is 0 Å². The van der Waals surface area contributed by atoms with Gasteiger partial charge in [-0.25, -0.2) is 0 Å². The molecule has 0 spiro atoms. The fraction of sp³-hybridized carbons (Fsp3) is 1.00. The number of hydrogen-bond acceptors (Lipinski definition) is 3. The van der Waals surface area contributed by atoms with Crippen molar-refractivity contribution in [3.8, 4) is 0 Å². The number of rotatable bonds is 11. The van der Waals surface area contributed by atoms with Crippen LogP contribution < -0.4 is 5.32 Å². The highest BCUT2D eigenvalue weighted by Gasteiger charge is 2.27. The van der Waals surface area contributed by atoms with Crippen LogP contribution in [0.3, 0.4) is 0 Å². The summed E-state index contributed by atoms with van der Waals surface area (Å²) < 4.78 is 5.23. The summed E-state index contributed by atoms with van der Waals surface area (Å²) in [4.78, 5) is 2.58. The number of nitrogens with zero attached hydrogens (tertiary/aromatic N) is 1. The van der Waals surface area contributed by atoms with E-state index in [4.69, 9.17) is 4.74 Å². The van der Waals surface area contributed by atoms with Crippen LogP contribution >= 0.6 is 0 Å². The number of nitrogens with one attached hydrogen (secondary N) is 1. The predicted octanol–water partition coefficient (Wildman–Crippen LogP) is 2.51. The van der Waals surface area contributed by atoms with Crippen LogP contribution in [0.1, 0.15) is 46.5 Å². The maximum absolute atomic E-state index is 5.23. The Bertz CT molecular complexity index is 203. The van der Waals surface area contributed by atoms with Crippen LogP contribution in [-0.4, -0.2) is 50.3 Å². The van der Waals surface area contributed by atoms with Gasteiger partial charge in [-0.3, -0.25) is 4.90 Å². The molecule has 1 aliphatic carbocycles. The van der Waals surface area contributed by atoms with Gasteiger partial charge < -0.3 is 10.1 Å². The van der Waals surface area contributed by atoms with Crippen molar-refractivity contribution in [2.45, 2.75) is 58.5 Å². The molecular weight excluding hydrogens is 224 g/mol. The molecule has 1 aliphatic rings. The summed E-state index contributed by atoms with van der Waals surface area (Å²) in [6.45, 7) is 11.1. The van der Waals surface area contributed by atoms with E-state index in [-0.39, 0.29) is 0 Å². The second-order valence-corrected chi connectivity index (χ2v) is 5.58. The molecule has 1 fully saturated rings. The number of ether oxygens (including phenoxy) is 1. The second-order valence-electron chi connectivity index (χ2n) is 5.58. The molecule has 0 radical (unpaired) electrons. The molecule has 18 heavy (non-hydrogen) atoms. The molecule has 3 nitrogen and oxygen atoms in total. The van der Waals surface area contributed by atoms with Gasteiger partial charge in [-0.15, -0.1) is 0 Å². The van der Waals surface area contributed by atoms with Gasteiger partial charge in [0.1, 0.15) is 0 Å². The third-order valence-corrected chi connectivity index (χ3v) is 4.24. The van der Waals surface area contributed by atoms with Crippen LogP contribution in [0.25, 0.3) is 0 Å².